The van der Waals surface area contributed by atoms with Gasteiger partial charge in [-0.15, -0.1) is 0 Å². The molecule has 0 amide bonds. The minimum atomic E-state index is 0.536. The smallest absolute Gasteiger partial charge is 0.165 e. The number of rotatable bonds is 2. The van der Waals surface area contributed by atoms with E-state index in [1.165, 1.54) is 5.56 Å². The summed E-state index contributed by atoms with van der Waals surface area (Å²) in [6.07, 6.45) is 0. The molecule has 0 spiro atoms. The molecule has 1 heterocycles. The van der Waals surface area contributed by atoms with E-state index in [-0.39, 0.29) is 0 Å². The zero-order chi connectivity index (χ0) is 14.1. The molecule has 0 aromatic heterocycles. The maximum Gasteiger partial charge on any atom is 0.165 e. The maximum absolute atomic E-state index is 6.01. The van der Waals surface area contributed by atoms with Crippen molar-refractivity contribution in [2.24, 2.45) is 0 Å². The van der Waals surface area contributed by atoms with Crippen molar-refractivity contribution in [2.45, 2.75) is 13.8 Å². The predicted octanol–water partition coefficient (Wildman–Crippen LogP) is 3.45. The first-order valence-electron chi connectivity index (χ1n) is 6.58. The molecule has 0 radical (unpaired) electrons. The third kappa shape index (κ3) is 2.37. The molecule has 0 atom stereocenters. The Morgan fingerprint density at radius 1 is 0.950 bits per heavy atom. The van der Waals surface area contributed by atoms with E-state index in [9.17, 15) is 0 Å². The first-order chi connectivity index (χ1) is 9.63. The number of ether oxygens (including phenoxy) is 3. The fourth-order valence-corrected chi connectivity index (χ4v) is 2.21. The first kappa shape index (κ1) is 12.7. The van der Waals surface area contributed by atoms with E-state index in [0.717, 1.165) is 11.3 Å². The maximum atomic E-state index is 6.01. The lowest BCUT2D eigenvalue weighted by Crippen LogP contribution is -2.15. The van der Waals surface area contributed by atoms with Crippen molar-refractivity contribution in [1.29, 1.82) is 0 Å². The Kier molecular flexibility index (Phi) is 3.14. The number of anilines is 1. The van der Waals surface area contributed by atoms with Gasteiger partial charge in [0.1, 0.15) is 19.0 Å². The Morgan fingerprint density at radius 3 is 2.35 bits per heavy atom. The van der Waals surface area contributed by atoms with Gasteiger partial charge in [0.15, 0.2) is 17.2 Å². The molecule has 0 saturated heterocycles. The highest BCUT2D eigenvalue weighted by Gasteiger charge is 2.16. The largest absolute Gasteiger partial charge is 0.486 e. The van der Waals surface area contributed by atoms with Crippen LogP contribution in [0.15, 0.2) is 30.3 Å². The number of hydrogen-bond donors (Lipinski definition) is 1. The van der Waals surface area contributed by atoms with Crippen LogP contribution in [-0.4, -0.2) is 13.2 Å². The lowest BCUT2D eigenvalue weighted by atomic mass is 10.1. The third-order valence-electron chi connectivity index (χ3n) is 3.22. The van der Waals surface area contributed by atoms with Crippen LogP contribution in [0, 0.1) is 13.8 Å². The number of nitrogens with two attached hydrogens (primary N) is 1. The van der Waals surface area contributed by atoms with Crippen molar-refractivity contribution >= 4 is 5.69 Å². The van der Waals surface area contributed by atoms with Crippen LogP contribution in [0.25, 0.3) is 0 Å². The normalized spacial score (nSPS) is 13.1. The molecular formula is C16H17NO3. The molecule has 2 aromatic carbocycles. The van der Waals surface area contributed by atoms with Gasteiger partial charge in [0.05, 0.1) is 5.69 Å². The highest BCUT2D eigenvalue weighted by Crippen LogP contribution is 2.40. The molecule has 0 aliphatic carbocycles. The van der Waals surface area contributed by atoms with Gasteiger partial charge in [-0.25, -0.2) is 0 Å². The van der Waals surface area contributed by atoms with E-state index in [1.54, 1.807) is 12.1 Å². The summed E-state index contributed by atoms with van der Waals surface area (Å²) in [6, 6.07) is 9.55. The molecule has 0 fully saturated rings. The zero-order valence-electron chi connectivity index (χ0n) is 11.6. The monoisotopic (exact) mass is 271 g/mol. The van der Waals surface area contributed by atoms with Crippen molar-refractivity contribution in [3.8, 4) is 23.0 Å². The fourth-order valence-electron chi connectivity index (χ4n) is 2.21. The molecule has 0 saturated carbocycles. The van der Waals surface area contributed by atoms with E-state index < -0.39 is 0 Å². The van der Waals surface area contributed by atoms with E-state index in [4.69, 9.17) is 19.9 Å². The van der Waals surface area contributed by atoms with E-state index in [0.29, 0.717) is 36.1 Å². The summed E-state index contributed by atoms with van der Waals surface area (Å²) in [6.45, 7) is 5.15. The summed E-state index contributed by atoms with van der Waals surface area (Å²) >= 11 is 0. The summed E-state index contributed by atoms with van der Waals surface area (Å²) < 4.78 is 16.9. The molecule has 4 heteroatoms. The number of aryl methyl sites for hydroxylation is 2. The van der Waals surface area contributed by atoms with Crippen molar-refractivity contribution in [3.63, 3.8) is 0 Å². The van der Waals surface area contributed by atoms with E-state index in [1.807, 2.05) is 19.1 Å². The highest BCUT2D eigenvalue weighted by atomic mass is 16.6. The quantitative estimate of drug-likeness (QED) is 0.850. The Bertz CT molecular complexity index is 652. The zero-order valence-corrected chi connectivity index (χ0v) is 11.6. The average Bonchev–Trinajstić information content (AvgIpc) is 2.42. The van der Waals surface area contributed by atoms with Gasteiger partial charge in [-0.1, -0.05) is 17.7 Å². The number of hydrogen-bond acceptors (Lipinski definition) is 4. The van der Waals surface area contributed by atoms with E-state index in [2.05, 4.69) is 13.0 Å². The van der Waals surface area contributed by atoms with Crippen molar-refractivity contribution in [3.05, 3.63) is 41.5 Å². The lowest BCUT2D eigenvalue weighted by Gasteiger charge is -2.20. The Balaban J connectivity index is 1.94. The topological polar surface area (TPSA) is 53.7 Å². The minimum Gasteiger partial charge on any atom is -0.486 e. The molecule has 0 bridgehead atoms. The number of nitrogen functional groups attached to an aromatic ring is 1. The van der Waals surface area contributed by atoms with Gasteiger partial charge in [0, 0.05) is 12.1 Å². The summed E-state index contributed by atoms with van der Waals surface area (Å²) in [5.74, 6) is 2.71. The number of benzene rings is 2. The van der Waals surface area contributed by atoms with Crippen LogP contribution in [0.3, 0.4) is 0 Å². The molecule has 3 rings (SSSR count). The standard InChI is InChI=1S/C16H17NO3/c1-10-3-4-13(11(2)7-10)20-14-9-16-15(8-12(14)17)18-5-6-19-16/h3-4,7-9H,5-6,17H2,1-2H3. The second-order valence-corrected chi connectivity index (χ2v) is 4.90. The summed E-state index contributed by atoms with van der Waals surface area (Å²) in [4.78, 5) is 0. The summed E-state index contributed by atoms with van der Waals surface area (Å²) in [5, 5.41) is 0. The fraction of sp³-hybridized carbons (Fsp3) is 0.250. The molecule has 104 valence electrons. The van der Waals surface area contributed by atoms with Gasteiger partial charge in [0.25, 0.3) is 0 Å². The van der Waals surface area contributed by atoms with Crippen molar-refractivity contribution < 1.29 is 14.2 Å². The van der Waals surface area contributed by atoms with Crippen LogP contribution in [0.5, 0.6) is 23.0 Å². The average molecular weight is 271 g/mol. The second kappa shape index (κ2) is 4.96. The second-order valence-electron chi connectivity index (χ2n) is 4.90. The Morgan fingerprint density at radius 2 is 1.65 bits per heavy atom. The molecule has 1 aliphatic heterocycles. The van der Waals surface area contributed by atoms with Gasteiger partial charge >= 0.3 is 0 Å². The van der Waals surface area contributed by atoms with Gasteiger partial charge in [-0.2, -0.15) is 0 Å². The van der Waals surface area contributed by atoms with Crippen LogP contribution in [0.1, 0.15) is 11.1 Å². The van der Waals surface area contributed by atoms with Crippen LogP contribution >= 0.6 is 0 Å². The molecular weight excluding hydrogens is 254 g/mol. The molecule has 0 unspecified atom stereocenters. The van der Waals surface area contributed by atoms with Crippen LogP contribution < -0.4 is 19.9 Å². The molecule has 2 aromatic rings. The lowest BCUT2D eigenvalue weighted by molar-refractivity contribution is 0.171. The molecule has 2 N–H and O–H groups in total. The van der Waals surface area contributed by atoms with Crippen molar-refractivity contribution in [1.82, 2.24) is 0 Å². The third-order valence-corrected chi connectivity index (χ3v) is 3.22. The predicted molar refractivity (Wildman–Crippen MR) is 77.8 cm³/mol. The van der Waals surface area contributed by atoms with Crippen LogP contribution in [-0.2, 0) is 0 Å². The van der Waals surface area contributed by atoms with Crippen molar-refractivity contribution in [2.75, 3.05) is 18.9 Å². The van der Waals surface area contributed by atoms with Gasteiger partial charge in [-0.3, -0.25) is 0 Å². The minimum absolute atomic E-state index is 0.536. The summed E-state index contributed by atoms with van der Waals surface area (Å²) in [7, 11) is 0. The molecule has 20 heavy (non-hydrogen) atoms. The molecule has 1 aliphatic rings. The van der Waals surface area contributed by atoms with Crippen LogP contribution in [0.2, 0.25) is 0 Å². The first-order valence-corrected chi connectivity index (χ1v) is 6.58. The highest BCUT2D eigenvalue weighted by molar-refractivity contribution is 5.63. The molecule has 4 nitrogen and oxygen atoms in total. The Hall–Kier alpha value is -2.36. The van der Waals surface area contributed by atoms with E-state index >= 15 is 0 Å². The SMILES string of the molecule is Cc1ccc(Oc2cc3c(cc2N)OCCO3)c(C)c1. The van der Waals surface area contributed by atoms with Crippen LogP contribution in [0.4, 0.5) is 5.69 Å². The number of fused-ring (bicyclic) bond motifs is 1. The Labute approximate surface area is 118 Å². The van der Waals surface area contributed by atoms with Gasteiger partial charge in [-0.05, 0) is 25.5 Å². The van der Waals surface area contributed by atoms with Gasteiger partial charge < -0.3 is 19.9 Å². The summed E-state index contributed by atoms with van der Waals surface area (Å²) in [5.41, 5.74) is 8.82. The van der Waals surface area contributed by atoms with Gasteiger partial charge in [0.2, 0.25) is 0 Å².